The van der Waals surface area contributed by atoms with Crippen molar-refractivity contribution in [3.8, 4) is 0 Å². The van der Waals surface area contributed by atoms with Gasteiger partial charge in [0.15, 0.2) is 10.9 Å². The van der Waals surface area contributed by atoms with Crippen LogP contribution in [0.15, 0.2) is 72.8 Å². The Hall–Kier alpha value is -2.69. The number of ketones is 1. The maximum absolute atomic E-state index is 12.8. The molecule has 3 nitrogen and oxygen atoms in total. The fraction of sp³-hybridized carbons (Fsp3) is 0.0476. The Labute approximate surface area is 163 Å². The van der Waals surface area contributed by atoms with Crippen LogP contribution < -0.4 is 10.6 Å². The third-order valence-corrected chi connectivity index (χ3v) is 4.23. The van der Waals surface area contributed by atoms with Crippen molar-refractivity contribution in [2.45, 2.75) is 6.92 Å². The minimum absolute atomic E-state index is 0.117. The number of rotatable bonds is 4. The number of benzene rings is 3. The van der Waals surface area contributed by atoms with Crippen LogP contribution in [0, 0.1) is 6.92 Å². The van der Waals surface area contributed by atoms with E-state index in [2.05, 4.69) is 10.6 Å². The topological polar surface area (TPSA) is 41.1 Å². The molecule has 0 bridgehead atoms. The number of hydrogen-bond acceptors (Lipinski definition) is 2. The van der Waals surface area contributed by atoms with Gasteiger partial charge in [0, 0.05) is 21.8 Å². The first-order chi connectivity index (χ1) is 12.5. The van der Waals surface area contributed by atoms with Crippen molar-refractivity contribution in [3.05, 3.63) is 94.5 Å². The molecule has 0 fully saturated rings. The van der Waals surface area contributed by atoms with Crippen molar-refractivity contribution in [1.29, 1.82) is 0 Å². The van der Waals surface area contributed by atoms with Gasteiger partial charge in [0.25, 0.3) is 0 Å². The zero-order valence-electron chi connectivity index (χ0n) is 14.1. The Morgan fingerprint density at radius 2 is 1.69 bits per heavy atom. The highest BCUT2D eigenvalue weighted by Crippen LogP contribution is 2.24. The SMILES string of the molecule is Cc1cccc(NC(=S)Nc2ccc(Cl)cc2C(=O)c2ccccc2)c1. The Morgan fingerprint density at radius 1 is 0.923 bits per heavy atom. The smallest absolute Gasteiger partial charge is 0.195 e. The van der Waals surface area contributed by atoms with E-state index in [1.54, 1.807) is 30.3 Å². The summed E-state index contributed by atoms with van der Waals surface area (Å²) in [7, 11) is 0. The molecule has 0 atom stereocenters. The summed E-state index contributed by atoms with van der Waals surface area (Å²) in [5.41, 5.74) is 3.68. The van der Waals surface area contributed by atoms with Crippen molar-refractivity contribution >= 4 is 46.1 Å². The van der Waals surface area contributed by atoms with Crippen LogP contribution in [0.1, 0.15) is 21.5 Å². The largest absolute Gasteiger partial charge is 0.332 e. The highest BCUT2D eigenvalue weighted by molar-refractivity contribution is 7.80. The fourth-order valence-corrected chi connectivity index (χ4v) is 2.97. The monoisotopic (exact) mass is 380 g/mol. The van der Waals surface area contributed by atoms with Gasteiger partial charge in [-0.2, -0.15) is 0 Å². The molecule has 0 radical (unpaired) electrons. The summed E-state index contributed by atoms with van der Waals surface area (Å²) >= 11 is 11.5. The van der Waals surface area contributed by atoms with Crippen LogP contribution in [-0.2, 0) is 0 Å². The number of aryl methyl sites for hydroxylation is 1. The summed E-state index contributed by atoms with van der Waals surface area (Å²) in [6.45, 7) is 2.01. The zero-order chi connectivity index (χ0) is 18.5. The first kappa shape index (κ1) is 18.1. The lowest BCUT2D eigenvalue weighted by Crippen LogP contribution is -2.21. The van der Waals surface area contributed by atoms with Gasteiger partial charge in [0.2, 0.25) is 0 Å². The van der Waals surface area contributed by atoms with E-state index in [-0.39, 0.29) is 5.78 Å². The van der Waals surface area contributed by atoms with Crippen LogP contribution in [0.2, 0.25) is 5.02 Å². The molecule has 0 aliphatic carbocycles. The molecule has 5 heteroatoms. The first-order valence-electron chi connectivity index (χ1n) is 8.07. The molecule has 26 heavy (non-hydrogen) atoms. The third-order valence-electron chi connectivity index (χ3n) is 3.79. The second kappa shape index (κ2) is 8.13. The highest BCUT2D eigenvalue weighted by Gasteiger charge is 2.15. The molecule has 0 spiro atoms. The van der Waals surface area contributed by atoms with Crippen molar-refractivity contribution in [2.24, 2.45) is 0 Å². The van der Waals surface area contributed by atoms with Gasteiger partial charge in [-0.1, -0.05) is 54.1 Å². The Morgan fingerprint density at radius 3 is 2.42 bits per heavy atom. The van der Waals surface area contributed by atoms with Gasteiger partial charge in [-0.25, -0.2) is 0 Å². The minimum Gasteiger partial charge on any atom is -0.332 e. The number of anilines is 2. The van der Waals surface area contributed by atoms with Crippen molar-refractivity contribution < 1.29 is 4.79 Å². The van der Waals surface area contributed by atoms with Gasteiger partial charge in [0.05, 0.1) is 5.69 Å². The standard InChI is InChI=1S/C21H17ClN2OS/c1-14-6-5-9-17(12-14)23-21(26)24-19-11-10-16(22)13-18(19)20(25)15-7-3-2-4-8-15/h2-13H,1H3,(H2,23,24,26). The number of carbonyl (C=O) groups excluding carboxylic acids is 1. The second-order valence-corrected chi connectivity index (χ2v) is 6.68. The molecule has 0 saturated heterocycles. The summed E-state index contributed by atoms with van der Waals surface area (Å²) in [6.07, 6.45) is 0. The van der Waals surface area contributed by atoms with E-state index < -0.39 is 0 Å². The number of halogens is 1. The normalized spacial score (nSPS) is 10.2. The average Bonchev–Trinajstić information content (AvgIpc) is 2.63. The van der Waals surface area contributed by atoms with E-state index in [9.17, 15) is 4.79 Å². The molecule has 0 heterocycles. The van der Waals surface area contributed by atoms with Crippen LogP contribution in [0.5, 0.6) is 0 Å². The third kappa shape index (κ3) is 4.48. The molecule has 0 saturated carbocycles. The molecule has 0 aliphatic heterocycles. The van der Waals surface area contributed by atoms with Gasteiger partial charge >= 0.3 is 0 Å². The summed E-state index contributed by atoms with van der Waals surface area (Å²) in [6, 6.07) is 22.1. The van der Waals surface area contributed by atoms with Gasteiger partial charge in [-0.05, 0) is 55.0 Å². The van der Waals surface area contributed by atoms with Crippen molar-refractivity contribution in [2.75, 3.05) is 10.6 Å². The van der Waals surface area contributed by atoms with Crippen LogP contribution in [-0.4, -0.2) is 10.9 Å². The van der Waals surface area contributed by atoms with Crippen molar-refractivity contribution in [3.63, 3.8) is 0 Å². The summed E-state index contributed by atoms with van der Waals surface area (Å²) in [4.78, 5) is 12.8. The quantitative estimate of drug-likeness (QED) is 0.450. The number of thiocarbonyl (C=S) groups is 1. The zero-order valence-corrected chi connectivity index (χ0v) is 15.7. The number of nitrogens with one attached hydrogen (secondary N) is 2. The van der Waals surface area contributed by atoms with Crippen LogP contribution >= 0.6 is 23.8 Å². The molecular weight excluding hydrogens is 364 g/mol. The second-order valence-electron chi connectivity index (χ2n) is 5.83. The molecule has 3 aromatic rings. The van der Waals surface area contributed by atoms with Crippen LogP contribution in [0.25, 0.3) is 0 Å². The molecular formula is C21H17ClN2OS. The highest BCUT2D eigenvalue weighted by atomic mass is 35.5. The Kier molecular flexibility index (Phi) is 5.66. The lowest BCUT2D eigenvalue weighted by Gasteiger charge is -2.14. The minimum atomic E-state index is -0.117. The van der Waals surface area contributed by atoms with E-state index in [4.69, 9.17) is 23.8 Å². The van der Waals surface area contributed by atoms with E-state index in [1.807, 2.05) is 49.4 Å². The number of carbonyl (C=O) groups is 1. The molecule has 0 aliphatic rings. The fourth-order valence-electron chi connectivity index (χ4n) is 2.57. The van der Waals surface area contributed by atoms with E-state index in [0.717, 1.165) is 11.3 Å². The molecule has 3 aromatic carbocycles. The lowest BCUT2D eigenvalue weighted by atomic mass is 10.0. The number of hydrogen-bond donors (Lipinski definition) is 2. The molecule has 0 aromatic heterocycles. The first-order valence-corrected chi connectivity index (χ1v) is 8.85. The molecule has 130 valence electrons. The van der Waals surface area contributed by atoms with Crippen LogP contribution in [0.4, 0.5) is 11.4 Å². The van der Waals surface area contributed by atoms with E-state index >= 15 is 0 Å². The van der Waals surface area contributed by atoms with Crippen molar-refractivity contribution in [1.82, 2.24) is 0 Å². The summed E-state index contributed by atoms with van der Waals surface area (Å²) < 4.78 is 0. The summed E-state index contributed by atoms with van der Waals surface area (Å²) in [5, 5.41) is 7.12. The molecule has 0 unspecified atom stereocenters. The van der Waals surface area contributed by atoms with E-state index in [1.165, 1.54) is 0 Å². The molecule has 0 amide bonds. The van der Waals surface area contributed by atoms with Gasteiger partial charge < -0.3 is 10.6 Å². The lowest BCUT2D eigenvalue weighted by molar-refractivity contribution is 0.103. The predicted octanol–water partition coefficient (Wildman–Crippen LogP) is 5.69. The van der Waals surface area contributed by atoms with Gasteiger partial charge in [-0.15, -0.1) is 0 Å². The van der Waals surface area contributed by atoms with Gasteiger partial charge in [0.1, 0.15) is 0 Å². The van der Waals surface area contributed by atoms with Crippen LogP contribution in [0.3, 0.4) is 0 Å². The average molecular weight is 381 g/mol. The molecule has 2 N–H and O–H groups in total. The maximum atomic E-state index is 12.8. The van der Waals surface area contributed by atoms with E-state index in [0.29, 0.717) is 26.9 Å². The van der Waals surface area contributed by atoms with Gasteiger partial charge in [-0.3, -0.25) is 4.79 Å². The summed E-state index contributed by atoms with van der Waals surface area (Å²) in [5.74, 6) is -0.117. The molecule has 3 rings (SSSR count). The Bertz CT molecular complexity index is 957. The Balaban J connectivity index is 1.84. The maximum Gasteiger partial charge on any atom is 0.195 e. The predicted molar refractivity (Wildman–Crippen MR) is 112 cm³/mol.